The van der Waals surface area contributed by atoms with Crippen LogP contribution in [-0.4, -0.2) is 24.0 Å². The molecular weight excluding hydrogens is 211 g/mol. The second kappa shape index (κ2) is 3.77. The van der Waals surface area contributed by atoms with Crippen LogP contribution < -0.4 is 5.32 Å². The largest absolute Gasteiger partial charge is 0.463 e. The molecule has 0 saturated heterocycles. The Kier molecular flexibility index (Phi) is 3.40. The maximum atomic E-state index is 12.2. The molecular formula is C6H5F5N2O. The van der Waals surface area contributed by atoms with Gasteiger partial charge >= 0.3 is 18.0 Å². The fraction of sp³-hybridized carbons (Fsp3) is 0.667. The minimum Gasteiger partial charge on any atom is -0.335 e. The maximum absolute atomic E-state index is 12.2. The zero-order valence-corrected chi connectivity index (χ0v) is 6.82. The summed E-state index contributed by atoms with van der Waals surface area (Å²) in [5.74, 6) is -8.00. The van der Waals surface area contributed by atoms with E-state index in [1.807, 2.05) is 0 Å². The van der Waals surface area contributed by atoms with E-state index in [1.165, 1.54) is 11.4 Å². The lowest BCUT2D eigenvalue weighted by molar-refractivity contribution is -0.269. The summed E-state index contributed by atoms with van der Waals surface area (Å²) in [6.45, 7) is 0.977. The van der Waals surface area contributed by atoms with Gasteiger partial charge in [0.05, 0.1) is 6.07 Å². The Morgan fingerprint density at radius 2 is 1.79 bits per heavy atom. The number of nitrogens with one attached hydrogen (secondary N) is 1. The minimum absolute atomic E-state index is 0.977. The molecule has 0 spiro atoms. The van der Waals surface area contributed by atoms with Crippen LogP contribution in [0.5, 0.6) is 0 Å². The monoisotopic (exact) mass is 216 g/mol. The Balaban J connectivity index is 4.63. The Bertz CT molecular complexity index is 266. The lowest BCUT2D eigenvalue weighted by Crippen LogP contribution is -2.52. The Labute approximate surface area is 75.5 Å². The summed E-state index contributed by atoms with van der Waals surface area (Å²) in [5.41, 5.74) is 0. The molecule has 1 atom stereocenters. The van der Waals surface area contributed by atoms with Crippen molar-refractivity contribution in [1.29, 1.82) is 5.26 Å². The van der Waals surface area contributed by atoms with Gasteiger partial charge in [0.2, 0.25) is 0 Å². The Hall–Kier alpha value is -1.39. The van der Waals surface area contributed by atoms with Crippen LogP contribution in [0.3, 0.4) is 0 Å². The van der Waals surface area contributed by atoms with Gasteiger partial charge in [0.25, 0.3) is 0 Å². The highest BCUT2D eigenvalue weighted by Gasteiger charge is 2.63. The van der Waals surface area contributed by atoms with Crippen molar-refractivity contribution >= 4 is 5.91 Å². The third-order valence-corrected chi connectivity index (χ3v) is 1.18. The summed E-state index contributed by atoms with van der Waals surface area (Å²) in [6.07, 6.45) is -5.95. The number of rotatable bonds is 2. The van der Waals surface area contributed by atoms with E-state index >= 15 is 0 Å². The number of alkyl halides is 5. The van der Waals surface area contributed by atoms with Crippen molar-refractivity contribution in [3.05, 3.63) is 0 Å². The lowest BCUT2D eigenvalue weighted by Gasteiger charge is -2.19. The van der Waals surface area contributed by atoms with Crippen molar-refractivity contribution in [2.24, 2.45) is 0 Å². The van der Waals surface area contributed by atoms with E-state index in [4.69, 9.17) is 5.26 Å². The van der Waals surface area contributed by atoms with Crippen molar-refractivity contribution in [1.82, 2.24) is 5.32 Å². The van der Waals surface area contributed by atoms with Gasteiger partial charge in [0.1, 0.15) is 6.04 Å². The SMILES string of the molecule is CC(C#N)NC(=O)C(F)(F)C(F)(F)F. The highest BCUT2D eigenvalue weighted by Crippen LogP contribution is 2.35. The van der Waals surface area contributed by atoms with Crippen molar-refractivity contribution < 1.29 is 26.7 Å². The van der Waals surface area contributed by atoms with E-state index in [0.717, 1.165) is 6.92 Å². The van der Waals surface area contributed by atoms with Crippen LogP contribution >= 0.6 is 0 Å². The highest BCUT2D eigenvalue weighted by atomic mass is 19.4. The van der Waals surface area contributed by atoms with Crippen LogP contribution in [-0.2, 0) is 4.79 Å². The summed E-state index contributed by atoms with van der Waals surface area (Å²) in [4.78, 5) is 10.3. The molecule has 14 heavy (non-hydrogen) atoms. The van der Waals surface area contributed by atoms with Gasteiger partial charge < -0.3 is 5.32 Å². The third-order valence-electron chi connectivity index (χ3n) is 1.18. The summed E-state index contributed by atoms with van der Waals surface area (Å²) in [5, 5.41) is 9.27. The number of nitriles is 1. The van der Waals surface area contributed by atoms with Crippen LogP contribution in [0.1, 0.15) is 6.92 Å². The first-order valence-electron chi connectivity index (χ1n) is 3.28. The summed E-state index contributed by atoms with van der Waals surface area (Å²) >= 11 is 0. The topological polar surface area (TPSA) is 52.9 Å². The molecule has 80 valence electrons. The highest BCUT2D eigenvalue weighted by molar-refractivity contribution is 5.84. The van der Waals surface area contributed by atoms with Gasteiger partial charge in [-0.15, -0.1) is 0 Å². The van der Waals surface area contributed by atoms with Gasteiger partial charge in [-0.1, -0.05) is 0 Å². The maximum Gasteiger partial charge on any atom is 0.463 e. The molecule has 0 heterocycles. The molecule has 1 unspecified atom stereocenters. The smallest absolute Gasteiger partial charge is 0.335 e. The second-order valence-electron chi connectivity index (χ2n) is 2.40. The van der Waals surface area contributed by atoms with Gasteiger partial charge in [0, 0.05) is 0 Å². The van der Waals surface area contributed by atoms with Gasteiger partial charge in [-0.05, 0) is 6.92 Å². The lowest BCUT2D eigenvalue weighted by atomic mass is 10.2. The summed E-state index contributed by atoms with van der Waals surface area (Å²) in [7, 11) is 0. The normalized spacial score (nSPS) is 14.4. The molecule has 0 aliphatic heterocycles. The molecule has 0 aromatic carbocycles. The number of hydrogen-bond donors (Lipinski definition) is 1. The first-order valence-corrected chi connectivity index (χ1v) is 3.28. The van der Waals surface area contributed by atoms with Crippen LogP contribution in [0, 0.1) is 11.3 Å². The molecule has 8 heteroatoms. The second-order valence-corrected chi connectivity index (χ2v) is 2.40. The van der Waals surface area contributed by atoms with Gasteiger partial charge in [0.15, 0.2) is 0 Å². The van der Waals surface area contributed by atoms with Crippen molar-refractivity contribution in [3.8, 4) is 6.07 Å². The average Bonchev–Trinajstić information content (AvgIpc) is 2.01. The summed E-state index contributed by atoms with van der Waals surface area (Å²) in [6, 6.07) is -0.120. The van der Waals surface area contributed by atoms with Crippen LogP contribution in [0.2, 0.25) is 0 Å². The predicted octanol–water partition coefficient (Wildman–Crippen LogP) is 1.21. The van der Waals surface area contributed by atoms with E-state index in [2.05, 4.69) is 0 Å². The van der Waals surface area contributed by atoms with E-state index in [-0.39, 0.29) is 0 Å². The van der Waals surface area contributed by atoms with E-state index < -0.39 is 24.0 Å². The fourth-order valence-corrected chi connectivity index (χ4v) is 0.448. The number of hydrogen-bond acceptors (Lipinski definition) is 2. The minimum atomic E-state index is -5.95. The average molecular weight is 216 g/mol. The summed E-state index contributed by atoms with van der Waals surface area (Å²) < 4.78 is 59.0. The quantitative estimate of drug-likeness (QED) is 0.705. The van der Waals surface area contributed by atoms with Gasteiger partial charge in [-0.3, -0.25) is 4.79 Å². The molecule has 0 bridgehead atoms. The molecule has 0 rings (SSSR count). The molecule has 1 N–H and O–H groups in total. The standard InChI is InChI=1S/C6H5F5N2O/c1-3(2-12)13-4(14)5(7,8)6(9,10)11/h3H,1H3,(H,13,14). The molecule has 0 saturated carbocycles. The molecule has 0 fully saturated rings. The molecule has 0 aromatic heterocycles. The number of amides is 1. The molecule has 0 aliphatic carbocycles. The van der Waals surface area contributed by atoms with Crippen molar-refractivity contribution in [2.45, 2.75) is 25.1 Å². The predicted molar refractivity (Wildman–Crippen MR) is 34.2 cm³/mol. The molecule has 0 aliphatic rings. The van der Waals surface area contributed by atoms with Gasteiger partial charge in [-0.25, -0.2) is 0 Å². The Morgan fingerprint density at radius 1 is 1.36 bits per heavy atom. The van der Waals surface area contributed by atoms with E-state index in [0.29, 0.717) is 0 Å². The molecule has 3 nitrogen and oxygen atoms in total. The first-order chi connectivity index (χ1) is 6.13. The molecule has 0 radical (unpaired) electrons. The Morgan fingerprint density at radius 3 is 2.07 bits per heavy atom. The van der Waals surface area contributed by atoms with Gasteiger partial charge in [-0.2, -0.15) is 27.2 Å². The number of nitrogens with zero attached hydrogens (tertiary/aromatic N) is 1. The third kappa shape index (κ3) is 2.55. The molecule has 0 aromatic rings. The number of carbonyl (C=O) groups is 1. The first kappa shape index (κ1) is 12.6. The van der Waals surface area contributed by atoms with E-state index in [1.54, 1.807) is 0 Å². The zero-order chi connectivity index (χ0) is 11.6. The number of carbonyl (C=O) groups excluding carboxylic acids is 1. The van der Waals surface area contributed by atoms with Crippen molar-refractivity contribution in [3.63, 3.8) is 0 Å². The van der Waals surface area contributed by atoms with Crippen LogP contribution in [0.25, 0.3) is 0 Å². The van der Waals surface area contributed by atoms with Crippen LogP contribution in [0.4, 0.5) is 22.0 Å². The van der Waals surface area contributed by atoms with Crippen molar-refractivity contribution in [2.75, 3.05) is 0 Å². The zero-order valence-electron chi connectivity index (χ0n) is 6.82. The van der Waals surface area contributed by atoms with E-state index in [9.17, 15) is 26.7 Å². The number of halogens is 5. The fourth-order valence-electron chi connectivity index (χ4n) is 0.448. The van der Waals surface area contributed by atoms with Crippen LogP contribution in [0.15, 0.2) is 0 Å². The molecule has 1 amide bonds.